The number of hydrogen-bond donors (Lipinski definition) is 2. The van der Waals surface area contributed by atoms with Crippen LogP contribution < -0.4 is 11.1 Å². The van der Waals surface area contributed by atoms with Gasteiger partial charge in [-0.1, -0.05) is 28.9 Å². The highest BCUT2D eigenvalue weighted by atomic mass is 79.9. The van der Waals surface area contributed by atoms with Crippen LogP contribution >= 0.6 is 15.9 Å². The minimum Gasteiger partial charge on any atom is -0.366 e. The van der Waals surface area contributed by atoms with Gasteiger partial charge in [-0.25, -0.2) is 4.68 Å². The molecule has 0 atom stereocenters. The van der Waals surface area contributed by atoms with E-state index in [9.17, 15) is 4.79 Å². The summed E-state index contributed by atoms with van der Waals surface area (Å²) in [5.41, 5.74) is 7.65. The molecule has 0 aliphatic rings. The Morgan fingerprint density at radius 3 is 2.89 bits per heavy atom. The van der Waals surface area contributed by atoms with E-state index in [1.54, 1.807) is 10.9 Å². The monoisotopic (exact) mass is 322 g/mol. The van der Waals surface area contributed by atoms with Crippen molar-refractivity contribution in [3.8, 4) is 5.69 Å². The van der Waals surface area contributed by atoms with Crippen LogP contribution in [0, 0.1) is 0 Å². The molecule has 0 radical (unpaired) electrons. The van der Waals surface area contributed by atoms with Gasteiger partial charge in [-0.3, -0.25) is 4.79 Å². The van der Waals surface area contributed by atoms with Gasteiger partial charge in [0.05, 0.1) is 17.4 Å². The Labute approximate surface area is 119 Å². The Kier molecular flexibility index (Phi) is 4.34. The van der Waals surface area contributed by atoms with Crippen LogP contribution in [0.15, 0.2) is 35.1 Å². The zero-order valence-electron chi connectivity index (χ0n) is 10.6. The first-order chi connectivity index (χ1) is 9.11. The summed E-state index contributed by atoms with van der Waals surface area (Å²) in [5.74, 6) is -0.478. The number of primary amides is 1. The van der Waals surface area contributed by atoms with E-state index in [4.69, 9.17) is 5.73 Å². The first-order valence-corrected chi connectivity index (χ1v) is 6.75. The molecule has 1 amide bonds. The maximum atomic E-state index is 11.0. The van der Waals surface area contributed by atoms with E-state index in [0.717, 1.165) is 23.2 Å². The summed E-state index contributed by atoms with van der Waals surface area (Å²) in [6.45, 7) is 3.80. The van der Waals surface area contributed by atoms with E-state index in [0.29, 0.717) is 5.56 Å². The highest BCUT2D eigenvalue weighted by Crippen LogP contribution is 2.20. The molecule has 0 aliphatic carbocycles. The molecule has 0 saturated carbocycles. The van der Waals surface area contributed by atoms with Gasteiger partial charge in [0, 0.05) is 17.2 Å². The molecule has 100 valence electrons. The molecular formula is C13H15BrN4O. The first-order valence-electron chi connectivity index (χ1n) is 5.95. The Hall–Kier alpha value is -1.66. The highest BCUT2D eigenvalue weighted by Gasteiger charge is 2.07. The minimum absolute atomic E-state index is 0.396. The van der Waals surface area contributed by atoms with Crippen LogP contribution in [0.2, 0.25) is 0 Å². The molecule has 1 aromatic carbocycles. The molecule has 2 rings (SSSR count). The number of hydrogen-bond acceptors (Lipinski definition) is 3. The highest BCUT2D eigenvalue weighted by molar-refractivity contribution is 9.10. The Morgan fingerprint density at radius 1 is 1.53 bits per heavy atom. The van der Waals surface area contributed by atoms with Gasteiger partial charge in [-0.2, -0.15) is 5.10 Å². The van der Waals surface area contributed by atoms with Gasteiger partial charge in [0.1, 0.15) is 0 Å². The lowest BCUT2D eigenvalue weighted by molar-refractivity contribution is 0.100. The Balaban J connectivity index is 2.25. The Bertz CT molecular complexity index is 594. The van der Waals surface area contributed by atoms with Gasteiger partial charge < -0.3 is 11.1 Å². The smallest absolute Gasteiger partial charge is 0.251 e. The second kappa shape index (κ2) is 5.99. The van der Waals surface area contributed by atoms with Crippen molar-refractivity contribution in [2.24, 2.45) is 5.73 Å². The number of aromatic nitrogens is 2. The summed E-state index contributed by atoms with van der Waals surface area (Å²) >= 11 is 3.54. The molecule has 1 heterocycles. The SMILES string of the molecule is CCNCc1ccc(-n2cc(C(N)=O)cn2)cc1Br. The zero-order chi connectivity index (χ0) is 13.8. The third kappa shape index (κ3) is 3.21. The van der Waals surface area contributed by atoms with Crippen molar-refractivity contribution in [3.63, 3.8) is 0 Å². The second-order valence-corrected chi connectivity index (χ2v) is 4.95. The third-order valence-electron chi connectivity index (χ3n) is 2.73. The van der Waals surface area contributed by atoms with Crippen molar-refractivity contribution >= 4 is 21.8 Å². The van der Waals surface area contributed by atoms with Gasteiger partial charge in [-0.15, -0.1) is 0 Å². The summed E-state index contributed by atoms with van der Waals surface area (Å²) in [7, 11) is 0. The predicted molar refractivity (Wildman–Crippen MR) is 77.2 cm³/mol. The van der Waals surface area contributed by atoms with E-state index in [-0.39, 0.29) is 0 Å². The van der Waals surface area contributed by atoms with Crippen molar-refractivity contribution in [2.75, 3.05) is 6.54 Å². The summed E-state index contributed by atoms with van der Waals surface area (Å²) in [6.07, 6.45) is 3.08. The molecule has 3 N–H and O–H groups in total. The number of benzene rings is 1. The van der Waals surface area contributed by atoms with Crippen LogP contribution in [0.5, 0.6) is 0 Å². The lowest BCUT2D eigenvalue weighted by Gasteiger charge is -2.08. The molecule has 2 aromatic rings. The maximum absolute atomic E-state index is 11.0. The van der Waals surface area contributed by atoms with E-state index in [2.05, 4.69) is 33.3 Å². The molecule has 0 unspecified atom stereocenters. The maximum Gasteiger partial charge on any atom is 0.251 e. The van der Waals surface area contributed by atoms with Crippen LogP contribution in [0.25, 0.3) is 5.69 Å². The number of carbonyl (C=O) groups is 1. The quantitative estimate of drug-likeness (QED) is 0.882. The van der Waals surface area contributed by atoms with Crippen LogP contribution in [-0.4, -0.2) is 22.2 Å². The minimum atomic E-state index is -0.478. The molecule has 5 nitrogen and oxygen atoms in total. The fraction of sp³-hybridized carbons (Fsp3) is 0.231. The van der Waals surface area contributed by atoms with E-state index in [1.807, 2.05) is 18.2 Å². The summed E-state index contributed by atoms with van der Waals surface area (Å²) in [4.78, 5) is 11.0. The van der Waals surface area contributed by atoms with Crippen molar-refractivity contribution in [2.45, 2.75) is 13.5 Å². The molecule has 6 heteroatoms. The van der Waals surface area contributed by atoms with Gasteiger partial charge >= 0.3 is 0 Å². The molecule has 0 saturated heterocycles. The number of amides is 1. The number of nitrogens with one attached hydrogen (secondary N) is 1. The lowest BCUT2D eigenvalue weighted by Crippen LogP contribution is -2.12. The fourth-order valence-electron chi connectivity index (χ4n) is 1.67. The van der Waals surface area contributed by atoms with Crippen LogP contribution in [0.3, 0.4) is 0 Å². The van der Waals surface area contributed by atoms with Crippen LogP contribution in [0.4, 0.5) is 0 Å². The van der Waals surface area contributed by atoms with E-state index < -0.39 is 5.91 Å². The predicted octanol–water partition coefficient (Wildman–Crippen LogP) is 1.84. The van der Waals surface area contributed by atoms with E-state index in [1.165, 1.54) is 11.8 Å². The average Bonchev–Trinajstić information content (AvgIpc) is 2.87. The second-order valence-electron chi connectivity index (χ2n) is 4.09. The average molecular weight is 323 g/mol. The largest absolute Gasteiger partial charge is 0.366 e. The van der Waals surface area contributed by atoms with E-state index >= 15 is 0 Å². The van der Waals surface area contributed by atoms with Gasteiger partial charge in [-0.05, 0) is 24.2 Å². The molecule has 1 aromatic heterocycles. The van der Waals surface area contributed by atoms with Crippen LogP contribution in [0.1, 0.15) is 22.8 Å². The normalized spacial score (nSPS) is 10.6. The lowest BCUT2D eigenvalue weighted by atomic mass is 10.2. The van der Waals surface area contributed by atoms with Crippen LogP contribution in [-0.2, 0) is 6.54 Å². The van der Waals surface area contributed by atoms with Crippen molar-refractivity contribution in [3.05, 3.63) is 46.2 Å². The molecular weight excluding hydrogens is 308 g/mol. The standard InChI is InChI=1S/C13H15BrN4O/c1-2-16-6-9-3-4-11(5-12(9)14)18-8-10(7-17-18)13(15)19/h3-5,7-8,16H,2,6H2,1H3,(H2,15,19). The topological polar surface area (TPSA) is 72.9 Å². The number of nitrogens with zero attached hydrogens (tertiary/aromatic N) is 2. The number of carbonyl (C=O) groups excluding carboxylic acids is 1. The summed E-state index contributed by atoms with van der Waals surface area (Å²) in [6, 6.07) is 5.94. The summed E-state index contributed by atoms with van der Waals surface area (Å²) < 4.78 is 2.63. The number of nitrogens with two attached hydrogens (primary N) is 1. The Morgan fingerprint density at radius 2 is 2.32 bits per heavy atom. The van der Waals surface area contributed by atoms with Gasteiger partial charge in [0.25, 0.3) is 5.91 Å². The fourth-order valence-corrected chi connectivity index (χ4v) is 2.18. The number of halogens is 1. The van der Waals surface area contributed by atoms with Gasteiger partial charge in [0.15, 0.2) is 0 Å². The van der Waals surface area contributed by atoms with Gasteiger partial charge in [0.2, 0.25) is 0 Å². The molecule has 19 heavy (non-hydrogen) atoms. The zero-order valence-corrected chi connectivity index (χ0v) is 12.1. The molecule has 0 fully saturated rings. The summed E-state index contributed by atoms with van der Waals surface area (Å²) in [5, 5.41) is 7.39. The molecule has 0 spiro atoms. The number of rotatable bonds is 5. The first kappa shape index (κ1) is 13.8. The third-order valence-corrected chi connectivity index (χ3v) is 3.47. The molecule has 0 bridgehead atoms. The van der Waals surface area contributed by atoms with Crippen molar-refractivity contribution < 1.29 is 4.79 Å². The van der Waals surface area contributed by atoms with Crippen molar-refractivity contribution in [1.82, 2.24) is 15.1 Å². The molecule has 0 aliphatic heterocycles. The van der Waals surface area contributed by atoms with Crippen molar-refractivity contribution in [1.29, 1.82) is 0 Å².